The molecule has 1 aliphatic heterocycles. The molecule has 170 valence electrons. The Labute approximate surface area is 193 Å². The molecule has 1 fully saturated rings. The van der Waals surface area contributed by atoms with E-state index in [2.05, 4.69) is 24.8 Å². The van der Waals surface area contributed by atoms with Gasteiger partial charge in [-0.15, -0.1) is 0 Å². The molecule has 0 saturated carbocycles. The Morgan fingerprint density at radius 2 is 1.81 bits per heavy atom. The number of rotatable bonds is 8. The molecular weight excluding hydrogens is 422 g/mol. The zero-order chi connectivity index (χ0) is 22.5. The number of piperazine rings is 1. The van der Waals surface area contributed by atoms with Crippen LogP contribution in [-0.4, -0.2) is 55.7 Å². The van der Waals surface area contributed by atoms with Crippen LogP contribution in [0.1, 0.15) is 42.1 Å². The average Bonchev–Trinajstić information content (AvgIpc) is 3.29. The van der Waals surface area contributed by atoms with E-state index >= 15 is 0 Å². The van der Waals surface area contributed by atoms with Crippen molar-refractivity contribution in [2.45, 2.75) is 33.1 Å². The SMILES string of the molecule is CCCCCOc1ccc(C(=O)N2CCN(c3nc4c(OC)ccc(C)c4s3)CC2)cc1. The lowest BCUT2D eigenvalue weighted by molar-refractivity contribution is 0.0746. The van der Waals surface area contributed by atoms with Gasteiger partial charge in [0.25, 0.3) is 5.91 Å². The van der Waals surface area contributed by atoms with Gasteiger partial charge in [0.15, 0.2) is 5.13 Å². The van der Waals surface area contributed by atoms with Crippen molar-refractivity contribution < 1.29 is 14.3 Å². The summed E-state index contributed by atoms with van der Waals surface area (Å²) >= 11 is 1.69. The summed E-state index contributed by atoms with van der Waals surface area (Å²) in [5.41, 5.74) is 2.83. The topological polar surface area (TPSA) is 54.9 Å². The molecule has 3 aromatic rings. The third kappa shape index (κ3) is 4.83. The number of carbonyl (C=O) groups is 1. The van der Waals surface area contributed by atoms with Gasteiger partial charge in [-0.1, -0.05) is 37.2 Å². The molecule has 0 spiro atoms. The number of aromatic nitrogens is 1. The van der Waals surface area contributed by atoms with Crippen molar-refractivity contribution in [3.8, 4) is 11.5 Å². The molecular formula is C25H31N3O3S. The minimum Gasteiger partial charge on any atom is -0.494 e. The van der Waals surface area contributed by atoms with E-state index in [0.717, 1.165) is 53.0 Å². The highest BCUT2D eigenvalue weighted by atomic mass is 32.1. The molecule has 1 aromatic heterocycles. The fourth-order valence-electron chi connectivity index (χ4n) is 3.92. The molecule has 0 bridgehead atoms. The smallest absolute Gasteiger partial charge is 0.253 e. The van der Waals surface area contributed by atoms with E-state index in [1.54, 1.807) is 18.4 Å². The quantitative estimate of drug-likeness (QED) is 0.442. The minimum absolute atomic E-state index is 0.0731. The van der Waals surface area contributed by atoms with Gasteiger partial charge in [-0.05, 0) is 49.2 Å². The van der Waals surface area contributed by atoms with Crippen molar-refractivity contribution in [3.63, 3.8) is 0 Å². The van der Waals surface area contributed by atoms with Crippen LogP contribution in [0.5, 0.6) is 11.5 Å². The molecule has 4 rings (SSSR count). The Morgan fingerprint density at radius 3 is 2.50 bits per heavy atom. The number of nitrogens with zero attached hydrogens (tertiary/aromatic N) is 3. The molecule has 2 heterocycles. The van der Waals surface area contributed by atoms with E-state index in [1.165, 1.54) is 18.4 Å². The summed E-state index contributed by atoms with van der Waals surface area (Å²) < 4.78 is 12.4. The third-order valence-electron chi connectivity index (χ3n) is 5.87. The second-order valence-corrected chi connectivity index (χ2v) is 9.10. The Kier molecular flexibility index (Phi) is 7.15. The Bertz CT molecular complexity index is 1060. The van der Waals surface area contributed by atoms with Crippen molar-refractivity contribution in [2.24, 2.45) is 0 Å². The van der Waals surface area contributed by atoms with Gasteiger partial charge in [-0.25, -0.2) is 4.98 Å². The van der Waals surface area contributed by atoms with Crippen LogP contribution in [0.25, 0.3) is 10.2 Å². The number of hydrogen-bond acceptors (Lipinski definition) is 6. The number of benzene rings is 2. The molecule has 1 aliphatic rings. The summed E-state index contributed by atoms with van der Waals surface area (Å²) in [6, 6.07) is 11.6. The van der Waals surface area contributed by atoms with Crippen LogP contribution < -0.4 is 14.4 Å². The van der Waals surface area contributed by atoms with Crippen LogP contribution in [0.3, 0.4) is 0 Å². The summed E-state index contributed by atoms with van der Waals surface area (Å²) in [6.07, 6.45) is 3.41. The number of unbranched alkanes of at least 4 members (excludes halogenated alkanes) is 2. The molecule has 7 heteroatoms. The summed E-state index contributed by atoms with van der Waals surface area (Å²) in [6.45, 7) is 7.90. The molecule has 2 aromatic carbocycles. The maximum Gasteiger partial charge on any atom is 0.253 e. The molecule has 1 saturated heterocycles. The van der Waals surface area contributed by atoms with Gasteiger partial charge in [0, 0.05) is 31.7 Å². The highest BCUT2D eigenvalue weighted by molar-refractivity contribution is 7.22. The van der Waals surface area contributed by atoms with E-state index in [4.69, 9.17) is 14.5 Å². The molecule has 0 radical (unpaired) electrons. The van der Waals surface area contributed by atoms with E-state index in [0.29, 0.717) is 18.7 Å². The number of methoxy groups -OCH3 is 1. The lowest BCUT2D eigenvalue weighted by Gasteiger charge is -2.34. The number of amides is 1. The highest BCUT2D eigenvalue weighted by Gasteiger charge is 2.24. The molecule has 0 N–H and O–H groups in total. The van der Waals surface area contributed by atoms with Crippen molar-refractivity contribution >= 4 is 32.6 Å². The standard InChI is InChI=1S/C25H31N3O3S/c1-4-5-6-17-31-20-10-8-19(9-11-20)24(29)27-13-15-28(16-14-27)25-26-22-21(30-3)12-7-18(2)23(22)32-25/h7-12H,4-6,13-17H2,1-3H3. The Balaban J connectivity index is 1.36. The lowest BCUT2D eigenvalue weighted by Crippen LogP contribution is -2.48. The lowest BCUT2D eigenvalue weighted by atomic mass is 10.1. The number of thiazole rings is 1. The van der Waals surface area contributed by atoms with Crippen molar-refractivity contribution in [1.29, 1.82) is 0 Å². The predicted octanol–water partition coefficient (Wildman–Crippen LogP) is 5.14. The van der Waals surface area contributed by atoms with Crippen LogP contribution in [0.2, 0.25) is 0 Å². The van der Waals surface area contributed by atoms with Crippen molar-refractivity contribution in [3.05, 3.63) is 47.5 Å². The van der Waals surface area contributed by atoms with Crippen LogP contribution in [0.15, 0.2) is 36.4 Å². The summed E-state index contributed by atoms with van der Waals surface area (Å²) in [7, 11) is 1.68. The number of fused-ring (bicyclic) bond motifs is 1. The van der Waals surface area contributed by atoms with Crippen LogP contribution in [0.4, 0.5) is 5.13 Å². The van der Waals surface area contributed by atoms with E-state index in [9.17, 15) is 4.79 Å². The predicted molar refractivity (Wildman–Crippen MR) is 130 cm³/mol. The van der Waals surface area contributed by atoms with Gasteiger partial charge < -0.3 is 19.3 Å². The zero-order valence-corrected chi connectivity index (χ0v) is 19.9. The first-order valence-electron chi connectivity index (χ1n) is 11.3. The molecule has 0 aliphatic carbocycles. The highest BCUT2D eigenvalue weighted by Crippen LogP contribution is 2.36. The van der Waals surface area contributed by atoms with Crippen LogP contribution >= 0.6 is 11.3 Å². The number of anilines is 1. The molecule has 0 atom stereocenters. The first-order valence-corrected chi connectivity index (χ1v) is 12.1. The minimum atomic E-state index is 0.0731. The van der Waals surface area contributed by atoms with Gasteiger partial charge in [-0.3, -0.25) is 4.79 Å². The van der Waals surface area contributed by atoms with E-state index in [-0.39, 0.29) is 5.91 Å². The number of carbonyl (C=O) groups excluding carboxylic acids is 1. The largest absolute Gasteiger partial charge is 0.494 e. The zero-order valence-electron chi connectivity index (χ0n) is 19.1. The molecule has 0 unspecified atom stereocenters. The molecule has 6 nitrogen and oxygen atoms in total. The van der Waals surface area contributed by atoms with Gasteiger partial charge in [-0.2, -0.15) is 0 Å². The molecule has 1 amide bonds. The Hall–Kier alpha value is -2.80. The first-order chi connectivity index (χ1) is 15.6. The normalized spacial score (nSPS) is 14.1. The summed E-state index contributed by atoms with van der Waals surface area (Å²) in [4.78, 5) is 22.0. The summed E-state index contributed by atoms with van der Waals surface area (Å²) in [5, 5.41) is 0.990. The fraction of sp³-hybridized carbons (Fsp3) is 0.440. The average molecular weight is 454 g/mol. The van der Waals surface area contributed by atoms with Crippen molar-refractivity contribution in [2.75, 3.05) is 44.8 Å². The number of hydrogen-bond donors (Lipinski definition) is 0. The first kappa shape index (κ1) is 22.4. The summed E-state index contributed by atoms with van der Waals surface area (Å²) in [5.74, 6) is 1.70. The maximum absolute atomic E-state index is 13.0. The van der Waals surface area contributed by atoms with Crippen molar-refractivity contribution in [1.82, 2.24) is 9.88 Å². The van der Waals surface area contributed by atoms with Gasteiger partial charge >= 0.3 is 0 Å². The van der Waals surface area contributed by atoms with Gasteiger partial charge in [0.05, 0.1) is 18.4 Å². The Morgan fingerprint density at radius 1 is 1.06 bits per heavy atom. The van der Waals surface area contributed by atoms with E-state index in [1.807, 2.05) is 35.2 Å². The molecule has 32 heavy (non-hydrogen) atoms. The monoisotopic (exact) mass is 453 g/mol. The van der Waals surface area contributed by atoms with Gasteiger partial charge in [0.2, 0.25) is 0 Å². The number of aryl methyl sites for hydroxylation is 1. The van der Waals surface area contributed by atoms with Crippen LogP contribution in [0, 0.1) is 6.92 Å². The third-order valence-corrected chi connectivity index (χ3v) is 7.12. The van der Waals surface area contributed by atoms with Gasteiger partial charge in [0.1, 0.15) is 17.0 Å². The van der Waals surface area contributed by atoms with E-state index < -0.39 is 0 Å². The second kappa shape index (κ2) is 10.2. The number of ether oxygens (including phenoxy) is 2. The maximum atomic E-state index is 13.0. The van der Waals surface area contributed by atoms with Crippen LogP contribution in [-0.2, 0) is 0 Å². The second-order valence-electron chi connectivity index (χ2n) is 8.12. The fourth-order valence-corrected chi connectivity index (χ4v) is 5.02.